The third kappa shape index (κ3) is 5.67. The summed E-state index contributed by atoms with van der Waals surface area (Å²) in [7, 11) is -0.0287. The second kappa shape index (κ2) is 10.3. The van der Waals surface area contributed by atoms with Gasteiger partial charge in [-0.2, -0.15) is 4.31 Å². The van der Waals surface area contributed by atoms with Gasteiger partial charge >= 0.3 is 0 Å². The van der Waals surface area contributed by atoms with Gasteiger partial charge in [-0.1, -0.05) is 19.3 Å². The Balaban J connectivity index is 0.00000338. The van der Waals surface area contributed by atoms with Crippen molar-refractivity contribution < 1.29 is 13.2 Å². The Hall–Kier alpha value is -1.15. The number of likely N-dealkylation sites (N-methyl/N-ethyl adjacent to an activating group) is 1. The molecule has 2 N–H and O–H groups in total. The molecular weight excluding hydrogens is 374 g/mol. The summed E-state index contributed by atoms with van der Waals surface area (Å²) < 4.78 is 27.1. The number of halogens is 1. The van der Waals surface area contributed by atoms with Crippen LogP contribution in [0, 0.1) is 0 Å². The summed E-state index contributed by atoms with van der Waals surface area (Å²) in [6.07, 6.45) is 5.17. The number of hydrogen-bond donors (Lipinski definition) is 2. The summed E-state index contributed by atoms with van der Waals surface area (Å²) >= 11 is 0. The summed E-state index contributed by atoms with van der Waals surface area (Å²) in [5, 5.41) is 5.87. The van der Waals surface area contributed by atoms with E-state index in [0.29, 0.717) is 12.1 Å². The molecule has 0 bridgehead atoms. The van der Waals surface area contributed by atoms with Crippen molar-refractivity contribution in [2.75, 3.05) is 20.6 Å². The van der Waals surface area contributed by atoms with Crippen LogP contribution in [0.15, 0.2) is 29.2 Å². The van der Waals surface area contributed by atoms with Gasteiger partial charge in [0.2, 0.25) is 10.0 Å². The molecule has 1 saturated carbocycles. The molecule has 1 aliphatic carbocycles. The van der Waals surface area contributed by atoms with Crippen molar-refractivity contribution in [2.24, 2.45) is 0 Å². The Morgan fingerprint density at radius 3 is 2.31 bits per heavy atom. The minimum absolute atomic E-state index is 0. The van der Waals surface area contributed by atoms with Crippen molar-refractivity contribution >= 4 is 28.3 Å². The lowest BCUT2D eigenvalue weighted by atomic mass is 9.96. The zero-order chi connectivity index (χ0) is 18.4. The van der Waals surface area contributed by atoms with Crippen LogP contribution in [-0.4, -0.2) is 51.4 Å². The van der Waals surface area contributed by atoms with E-state index in [1.54, 1.807) is 19.2 Å². The van der Waals surface area contributed by atoms with Gasteiger partial charge in [-0.25, -0.2) is 8.42 Å². The van der Waals surface area contributed by atoms with E-state index in [0.717, 1.165) is 25.7 Å². The van der Waals surface area contributed by atoms with E-state index in [2.05, 4.69) is 10.6 Å². The number of carbonyl (C=O) groups is 1. The Morgan fingerprint density at radius 2 is 1.77 bits per heavy atom. The number of benzene rings is 1. The molecule has 1 fully saturated rings. The Kier molecular flexibility index (Phi) is 9.03. The lowest BCUT2D eigenvalue weighted by Crippen LogP contribution is -2.38. The van der Waals surface area contributed by atoms with Crippen LogP contribution in [0.4, 0.5) is 0 Å². The van der Waals surface area contributed by atoms with Gasteiger partial charge in [-0.05, 0) is 51.1 Å². The third-order valence-electron chi connectivity index (χ3n) is 4.94. The molecule has 1 aliphatic rings. The molecule has 0 aromatic heterocycles. The molecule has 0 aliphatic heterocycles. The topological polar surface area (TPSA) is 78.5 Å². The number of nitrogens with zero attached hydrogens (tertiary/aromatic N) is 1. The molecule has 0 heterocycles. The van der Waals surface area contributed by atoms with Gasteiger partial charge in [0.15, 0.2) is 0 Å². The van der Waals surface area contributed by atoms with Crippen LogP contribution >= 0.6 is 12.4 Å². The fourth-order valence-electron chi connectivity index (χ4n) is 3.04. The van der Waals surface area contributed by atoms with Crippen LogP contribution in [0.3, 0.4) is 0 Å². The summed E-state index contributed by atoms with van der Waals surface area (Å²) in [6.45, 7) is 2.48. The smallest absolute Gasteiger partial charge is 0.251 e. The van der Waals surface area contributed by atoms with Crippen LogP contribution in [0.1, 0.15) is 49.4 Å². The van der Waals surface area contributed by atoms with Gasteiger partial charge in [0.25, 0.3) is 5.91 Å². The first-order chi connectivity index (χ1) is 11.9. The highest BCUT2D eigenvalue weighted by Crippen LogP contribution is 2.26. The van der Waals surface area contributed by atoms with Gasteiger partial charge in [0, 0.05) is 31.2 Å². The maximum Gasteiger partial charge on any atom is 0.251 e. The van der Waals surface area contributed by atoms with Crippen LogP contribution in [0.25, 0.3) is 0 Å². The van der Waals surface area contributed by atoms with Crippen LogP contribution < -0.4 is 10.6 Å². The monoisotopic (exact) mass is 403 g/mol. The standard InChI is InChI=1S/C18H29N3O3S.ClH/c1-14(19-2)13-20-18(22)15-9-11-17(12-10-15)25(23,24)21(3)16-7-5-4-6-8-16;/h9-12,14,16,19H,4-8,13H2,1-3H3,(H,20,22);1H. The number of amides is 1. The first-order valence-corrected chi connectivity index (χ1v) is 10.3. The van der Waals surface area contributed by atoms with Gasteiger partial charge in [0.1, 0.15) is 0 Å². The predicted octanol–water partition coefficient (Wildman–Crippen LogP) is 2.40. The molecule has 0 radical (unpaired) electrons. The number of hydrogen-bond acceptors (Lipinski definition) is 4. The maximum atomic E-state index is 12.8. The van der Waals surface area contributed by atoms with E-state index >= 15 is 0 Å². The lowest BCUT2D eigenvalue weighted by molar-refractivity contribution is 0.0950. The van der Waals surface area contributed by atoms with Gasteiger partial charge in [-0.15, -0.1) is 12.4 Å². The van der Waals surface area contributed by atoms with Gasteiger partial charge in [0.05, 0.1) is 4.90 Å². The fraction of sp³-hybridized carbons (Fsp3) is 0.611. The average molecular weight is 404 g/mol. The summed E-state index contributed by atoms with van der Waals surface area (Å²) in [5.74, 6) is -0.202. The minimum Gasteiger partial charge on any atom is -0.350 e. The van der Waals surface area contributed by atoms with Crippen molar-refractivity contribution in [3.8, 4) is 0 Å². The highest BCUT2D eigenvalue weighted by Gasteiger charge is 2.29. The van der Waals surface area contributed by atoms with E-state index in [1.165, 1.54) is 22.9 Å². The van der Waals surface area contributed by atoms with E-state index in [-0.39, 0.29) is 35.3 Å². The fourth-order valence-corrected chi connectivity index (χ4v) is 4.45. The maximum absolute atomic E-state index is 12.8. The van der Waals surface area contributed by atoms with Crippen molar-refractivity contribution in [3.63, 3.8) is 0 Å². The Bertz CT molecular complexity index is 673. The lowest BCUT2D eigenvalue weighted by Gasteiger charge is -2.30. The summed E-state index contributed by atoms with van der Waals surface area (Å²) in [6, 6.07) is 6.43. The van der Waals surface area contributed by atoms with Crippen LogP contribution in [-0.2, 0) is 10.0 Å². The van der Waals surface area contributed by atoms with Gasteiger partial charge in [-0.3, -0.25) is 4.79 Å². The molecule has 148 valence electrons. The highest BCUT2D eigenvalue weighted by molar-refractivity contribution is 7.89. The SMILES string of the molecule is CNC(C)CNC(=O)c1ccc(S(=O)(=O)N(C)C2CCCCC2)cc1.Cl. The molecule has 26 heavy (non-hydrogen) atoms. The second-order valence-corrected chi connectivity index (χ2v) is 8.73. The Morgan fingerprint density at radius 1 is 1.19 bits per heavy atom. The number of carbonyl (C=O) groups excluding carboxylic acids is 1. The third-order valence-corrected chi connectivity index (χ3v) is 6.87. The number of rotatable bonds is 7. The molecule has 1 unspecified atom stereocenters. The van der Waals surface area contributed by atoms with E-state index < -0.39 is 10.0 Å². The molecule has 0 spiro atoms. The van der Waals surface area contributed by atoms with Crippen LogP contribution in [0.2, 0.25) is 0 Å². The first-order valence-electron chi connectivity index (χ1n) is 8.90. The zero-order valence-corrected chi connectivity index (χ0v) is 17.3. The highest BCUT2D eigenvalue weighted by atomic mass is 35.5. The minimum atomic E-state index is -3.52. The predicted molar refractivity (Wildman–Crippen MR) is 106 cm³/mol. The molecule has 1 amide bonds. The average Bonchev–Trinajstić information content (AvgIpc) is 2.65. The van der Waals surface area contributed by atoms with Crippen LogP contribution in [0.5, 0.6) is 0 Å². The molecule has 2 rings (SSSR count). The molecule has 8 heteroatoms. The molecule has 1 aromatic carbocycles. The van der Waals surface area contributed by atoms with E-state index in [9.17, 15) is 13.2 Å². The summed E-state index contributed by atoms with van der Waals surface area (Å²) in [5.41, 5.74) is 0.461. The summed E-state index contributed by atoms with van der Waals surface area (Å²) in [4.78, 5) is 12.3. The van der Waals surface area contributed by atoms with E-state index in [1.807, 2.05) is 14.0 Å². The molecule has 1 atom stereocenters. The normalized spacial score (nSPS) is 16.8. The van der Waals surface area contributed by atoms with Crippen molar-refractivity contribution in [2.45, 2.75) is 56.0 Å². The van der Waals surface area contributed by atoms with Crippen molar-refractivity contribution in [1.29, 1.82) is 0 Å². The van der Waals surface area contributed by atoms with Crippen molar-refractivity contribution in [3.05, 3.63) is 29.8 Å². The molecule has 6 nitrogen and oxygen atoms in total. The van der Waals surface area contributed by atoms with E-state index in [4.69, 9.17) is 0 Å². The second-order valence-electron chi connectivity index (χ2n) is 6.74. The quantitative estimate of drug-likeness (QED) is 0.732. The first kappa shape index (κ1) is 22.9. The largest absolute Gasteiger partial charge is 0.350 e. The molecule has 1 aromatic rings. The Labute approximate surface area is 163 Å². The van der Waals surface area contributed by atoms with Crippen molar-refractivity contribution in [1.82, 2.24) is 14.9 Å². The zero-order valence-electron chi connectivity index (χ0n) is 15.7. The van der Waals surface area contributed by atoms with Gasteiger partial charge < -0.3 is 10.6 Å². The molecule has 0 saturated heterocycles. The molecular formula is C18H30ClN3O3S. The number of sulfonamides is 1. The number of nitrogens with one attached hydrogen (secondary N) is 2.